The second-order valence-corrected chi connectivity index (χ2v) is 7.09. The van der Waals surface area contributed by atoms with Crippen LogP contribution >= 0.6 is 11.3 Å². The van der Waals surface area contributed by atoms with E-state index in [9.17, 15) is 14.0 Å². The van der Waals surface area contributed by atoms with Crippen LogP contribution in [-0.2, 0) is 6.54 Å². The van der Waals surface area contributed by atoms with E-state index in [2.05, 4.69) is 9.88 Å². The standard InChI is InChI=1S/C18H17FN4O2S/c19-14-3-1-13(2-4-14)17(25)22-7-5-21(6-8-22)12-15-11-16(24)23-9-10-26-18(23)20-15/h1-4,9-11H,5-8,12H2. The van der Waals surface area contributed by atoms with Crippen molar-refractivity contribution in [2.24, 2.45) is 0 Å². The van der Waals surface area contributed by atoms with Crippen LogP contribution in [0.1, 0.15) is 16.1 Å². The minimum Gasteiger partial charge on any atom is -0.336 e. The molecule has 26 heavy (non-hydrogen) atoms. The summed E-state index contributed by atoms with van der Waals surface area (Å²) in [5.41, 5.74) is 1.17. The van der Waals surface area contributed by atoms with E-state index in [-0.39, 0.29) is 17.3 Å². The van der Waals surface area contributed by atoms with Crippen LogP contribution in [0.3, 0.4) is 0 Å². The molecule has 3 heterocycles. The maximum atomic E-state index is 13.0. The Labute approximate surface area is 153 Å². The van der Waals surface area contributed by atoms with Crippen molar-refractivity contribution < 1.29 is 9.18 Å². The maximum absolute atomic E-state index is 13.0. The number of rotatable bonds is 3. The molecule has 2 aromatic heterocycles. The van der Waals surface area contributed by atoms with Crippen LogP contribution in [0.4, 0.5) is 4.39 Å². The number of halogens is 1. The van der Waals surface area contributed by atoms with E-state index in [4.69, 9.17) is 0 Å². The van der Waals surface area contributed by atoms with Crippen molar-refractivity contribution in [2.45, 2.75) is 6.54 Å². The van der Waals surface area contributed by atoms with Gasteiger partial charge in [0.25, 0.3) is 11.5 Å². The molecule has 134 valence electrons. The van der Waals surface area contributed by atoms with Crippen LogP contribution in [0.2, 0.25) is 0 Å². The van der Waals surface area contributed by atoms with Crippen molar-refractivity contribution in [3.63, 3.8) is 0 Å². The molecule has 1 aliphatic heterocycles. The summed E-state index contributed by atoms with van der Waals surface area (Å²) in [5.74, 6) is -0.432. The number of carbonyl (C=O) groups is 1. The van der Waals surface area contributed by atoms with Crippen LogP contribution in [-0.4, -0.2) is 51.3 Å². The van der Waals surface area contributed by atoms with E-state index >= 15 is 0 Å². The third-order valence-electron chi connectivity index (χ3n) is 4.49. The number of nitrogens with zero attached hydrogens (tertiary/aromatic N) is 4. The molecule has 0 saturated carbocycles. The average Bonchev–Trinajstić information content (AvgIpc) is 3.12. The summed E-state index contributed by atoms with van der Waals surface area (Å²) in [6, 6.07) is 7.19. The van der Waals surface area contributed by atoms with Crippen LogP contribution in [0.25, 0.3) is 4.96 Å². The van der Waals surface area contributed by atoms with Crippen molar-refractivity contribution in [3.8, 4) is 0 Å². The summed E-state index contributed by atoms with van der Waals surface area (Å²) in [6.07, 6.45) is 1.72. The van der Waals surface area contributed by atoms with E-state index in [0.29, 0.717) is 43.2 Å². The molecule has 0 bridgehead atoms. The lowest BCUT2D eigenvalue weighted by Crippen LogP contribution is -2.48. The fourth-order valence-electron chi connectivity index (χ4n) is 3.08. The first-order valence-electron chi connectivity index (χ1n) is 8.33. The van der Waals surface area contributed by atoms with Gasteiger partial charge < -0.3 is 4.90 Å². The Morgan fingerprint density at radius 3 is 2.62 bits per heavy atom. The smallest absolute Gasteiger partial charge is 0.258 e. The zero-order chi connectivity index (χ0) is 18.1. The molecular formula is C18H17FN4O2S. The molecule has 1 aliphatic rings. The van der Waals surface area contributed by atoms with Crippen molar-refractivity contribution in [1.29, 1.82) is 0 Å². The largest absolute Gasteiger partial charge is 0.336 e. The molecule has 0 aliphatic carbocycles. The van der Waals surface area contributed by atoms with Gasteiger partial charge in [-0.2, -0.15) is 0 Å². The number of fused-ring (bicyclic) bond motifs is 1. The first-order valence-corrected chi connectivity index (χ1v) is 9.21. The van der Waals surface area contributed by atoms with Gasteiger partial charge in [0.1, 0.15) is 5.82 Å². The predicted molar refractivity (Wildman–Crippen MR) is 96.9 cm³/mol. The molecule has 0 radical (unpaired) electrons. The Balaban J connectivity index is 1.39. The van der Waals surface area contributed by atoms with Gasteiger partial charge in [-0.1, -0.05) is 0 Å². The lowest BCUT2D eigenvalue weighted by molar-refractivity contribution is 0.0627. The van der Waals surface area contributed by atoms with Gasteiger partial charge in [-0.3, -0.25) is 18.9 Å². The lowest BCUT2D eigenvalue weighted by atomic mass is 10.1. The van der Waals surface area contributed by atoms with Crippen molar-refractivity contribution >= 4 is 22.2 Å². The first-order chi connectivity index (χ1) is 12.6. The number of amides is 1. The van der Waals surface area contributed by atoms with Gasteiger partial charge in [0.05, 0.1) is 5.69 Å². The number of aromatic nitrogens is 2. The molecule has 0 atom stereocenters. The molecule has 0 spiro atoms. The van der Waals surface area contributed by atoms with E-state index in [1.807, 2.05) is 5.38 Å². The zero-order valence-electron chi connectivity index (χ0n) is 14.0. The zero-order valence-corrected chi connectivity index (χ0v) is 14.8. The molecule has 8 heteroatoms. The van der Waals surface area contributed by atoms with Gasteiger partial charge in [0, 0.05) is 55.9 Å². The normalized spacial score (nSPS) is 15.5. The van der Waals surface area contributed by atoms with Gasteiger partial charge in [0.15, 0.2) is 4.96 Å². The number of hydrogen-bond donors (Lipinski definition) is 0. The molecule has 6 nitrogen and oxygen atoms in total. The molecule has 0 N–H and O–H groups in total. The number of benzene rings is 1. The van der Waals surface area contributed by atoms with Crippen molar-refractivity contribution in [2.75, 3.05) is 26.2 Å². The SMILES string of the molecule is O=C(c1ccc(F)cc1)N1CCN(Cc2cc(=O)n3ccsc3n2)CC1. The van der Waals surface area contributed by atoms with E-state index in [1.165, 1.54) is 40.0 Å². The summed E-state index contributed by atoms with van der Waals surface area (Å²) in [6.45, 7) is 3.19. The van der Waals surface area contributed by atoms with Gasteiger partial charge in [0.2, 0.25) is 0 Å². The Bertz CT molecular complexity index is 990. The predicted octanol–water partition coefficient (Wildman–Crippen LogP) is 1.85. The second-order valence-electron chi connectivity index (χ2n) is 6.22. The highest BCUT2D eigenvalue weighted by Crippen LogP contribution is 2.12. The van der Waals surface area contributed by atoms with Crippen LogP contribution in [0, 0.1) is 5.82 Å². The fraction of sp³-hybridized carbons (Fsp3) is 0.278. The highest BCUT2D eigenvalue weighted by Gasteiger charge is 2.22. The molecule has 1 amide bonds. The summed E-state index contributed by atoms with van der Waals surface area (Å²) >= 11 is 1.43. The Morgan fingerprint density at radius 1 is 1.15 bits per heavy atom. The highest BCUT2D eigenvalue weighted by molar-refractivity contribution is 7.15. The third-order valence-corrected chi connectivity index (χ3v) is 5.25. The number of carbonyl (C=O) groups excluding carboxylic acids is 1. The van der Waals surface area contributed by atoms with E-state index in [1.54, 1.807) is 17.2 Å². The van der Waals surface area contributed by atoms with Gasteiger partial charge in [-0.15, -0.1) is 11.3 Å². The van der Waals surface area contributed by atoms with Crippen LogP contribution in [0.5, 0.6) is 0 Å². The van der Waals surface area contributed by atoms with Crippen molar-refractivity contribution in [3.05, 3.63) is 69.3 Å². The van der Waals surface area contributed by atoms with E-state index in [0.717, 1.165) is 5.69 Å². The summed E-state index contributed by atoms with van der Waals surface area (Å²) in [7, 11) is 0. The molecule has 1 aromatic carbocycles. The molecule has 4 rings (SSSR count). The number of piperazine rings is 1. The summed E-state index contributed by atoms with van der Waals surface area (Å²) in [5, 5.41) is 1.84. The van der Waals surface area contributed by atoms with E-state index < -0.39 is 0 Å². The summed E-state index contributed by atoms with van der Waals surface area (Å²) < 4.78 is 14.5. The molecule has 1 saturated heterocycles. The molecule has 3 aromatic rings. The lowest BCUT2D eigenvalue weighted by Gasteiger charge is -2.34. The third kappa shape index (κ3) is 3.38. The Morgan fingerprint density at radius 2 is 1.88 bits per heavy atom. The van der Waals surface area contributed by atoms with Crippen molar-refractivity contribution in [1.82, 2.24) is 19.2 Å². The first kappa shape index (κ1) is 16.9. The van der Waals surface area contributed by atoms with Crippen LogP contribution in [0.15, 0.2) is 46.7 Å². The second kappa shape index (κ2) is 6.97. The van der Waals surface area contributed by atoms with Crippen LogP contribution < -0.4 is 5.56 Å². The van der Waals surface area contributed by atoms with Gasteiger partial charge in [-0.05, 0) is 24.3 Å². The minimum absolute atomic E-state index is 0.0728. The maximum Gasteiger partial charge on any atom is 0.258 e. The average molecular weight is 372 g/mol. The fourth-order valence-corrected chi connectivity index (χ4v) is 3.82. The van der Waals surface area contributed by atoms with Gasteiger partial charge >= 0.3 is 0 Å². The number of thiazole rings is 1. The molecule has 1 fully saturated rings. The Kier molecular flexibility index (Phi) is 4.52. The quantitative estimate of drug-likeness (QED) is 0.704. The molecule has 0 unspecified atom stereocenters. The number of hydrogen-bond acceptors (Lipinski definition) is 5. The van der Waals surface area contributed by atoms with Gasteiger partial charge in [-0.25, -0.2) is 9.37 Å². The minimum atomic E-state index is -0.350. The highest BCUT2D eigenvalue weighted by atomic mass is 32.1. The Hall–Kier alpha value is -2.58. The molecular weight excluding hydrogens is 355 g/mol. The topological polar surface area (TPSA) is 57.9 Å². The summed E-state index contributed by atoms with van der Waals surface area (Å²) in [4.78, 5) is 33.7. The monoisotopic (exact) mass is 372 g/mol.